The Kier molecular flexibility index (Phi) is 6.70. The SMILES string of the molecule is CCCC(C)NC(=O)CNc1ccc(Br)c(OC)c1. The summed E-state index contributed by atoms with van der Waals surface area (Å²) in [7, 11) is 1.61. The largest absolute Gasteiger partial charge is 0.495 e. The molecular weight excluding hydrogens is 308 g/mol. The van der Waals surface area contributed by atoms with Crippen molar-refractivity contribution in [3.05, 3.63) is 22.7 Å². The van der Waals surface area contributed by atoms with Crippen molar-refractivity contribution in [3.8, 4) is 5.75 Å². The molecular formula is C14H21BrN2O2. The van der Waals surface area contributed by atoms with Gasteiger partial charge in [0.05, 0.1) is 18.1 Å². The molecule has 19 heavy (non-hydrogen) atoms. The molecule has 0 aliphatic carbocycles. The maximum atomic E-state index is 11.7. The molecule has 1 aromatic rings. The highest BCUT2D eigenvalue weighted by Gasteiger charge is 2.07. The first-order chi connectivity index (χ1) is 9.06. The third-order valence-electron chi connectivity index (χ3n) is 2.73. The van der Waals surface area contributed by atoms with E-state index in [4.69, 9.17) is 4.74 Å². The molecule has 2 N–H and O–H groups in total. The van der Waals surface area contributed by atoms with Crippen molar-refractivity contribution in [1.82, 2.24) is 5.32 Å². The average Bonchev–Trinajstić information content (AvgIpc) is 2.38. The molecule has 0 saturated carbocycles. The highest BCUT2D eigenvalue weighted by Crippen LogP contribution is 2.27. The van der Waals surface area contributed by atoms with E-state index in [-0.39, 0.29) is 18.5 Å². The van der Waals surface area contributed by atoms with Crippen LogP contribution in [0.15, 0.2) is 22.7 Å². The van der Waals surface area contributed by atoms with Crippen LogP contribution in [0.25, 0.3) is 0 Å². The number of methoxy groups -OCH3 is 1. The van der Waals surface area contributed by atoms with Crippen molar-refractivity contribution < 1.29 is 9.53 Å². The van der Waals surface area contributed by atoms with Gasteiger partial charge in [0.2, 0.25) is 5.91 Å². The van der Waals surface area contributed by atoms with Crippen LogP contribution in [-0.4, -0.2) is 25.6 Å². The Morgan fingerprint density at radius 2 is 2.21 bits per heavy atom. The summed E-state index contributed by atoms with van der Waals surface area (Å²) in [5, 5.41) is 6.03. The van der Waals surface area contributed by atoms with E-state index in [0.29, 0.717) is 0 Å². The van der Waals surface area contributed by atoms with Crippen molar-refractivity contribution in [1.29, 1.82) is 0 Å². The molecule has 0 bridgehead atoms. The first-order valence-electron chi connectivity index (χ1n) is 6.43. The lowest BCUT2D eigenvalue weighted by atomic mass is 10.2. The molecule has 106 valence electrons. The molecule has 0 saturated heterocycles. The van der Waals surface area contributed by atoms with Gasteiger partial charge in [-0.2, -0.15) is 0 Å². The van der Waals surface area contributed by atoms with E-state index >= 15 is 0 Å². The van der Waals surface area contributed by atoms with Crippen LogP contribution in [0.1, 0.15) is 26.7 Å². The second-order valence-corrected chi connectivity index (χ2v) is 5.31. The molecule has 0 heterocycles. The van der Waals surface area contributed by atoms with E-state index in [2.05, 4.69) is 33.5 Å². The molecule has 1 atom stereocenters. The molecule has 0 aliphatic heterocycles. The van der Waals surface area contributed by atoms with E-state index in [9.17, 15) is 4.79 Å². The smallest absolute Gasteiger partial charge is 0.239 e. The Labute approximate surface area is 123 Å². The molecule has 0 spiro atoms. The van der Waals surface area contributed by atoms with E-state index in [0.717, 1.165) is 28.8 Å². The van der Waals surface area contributed by atoms with Crippen molar-refractivity contribution in [2.45, 2.75) is 32.7 Å². The van der Waals surface area contributed by atoms with Gasteiger partial charge in [0.15, 0.2) is 0 Å². The van der Waals surface area contributed by atoms with Gasteiger partial charge in [-0.25, -0.2) is 0 Å². The van der Waals surface area contributed by atoms with Gasteiger partial charge in [-0.1, -0.05) is 13.3 Å². The van der Waals surface area contributed by atoms with Gasteiger partial charge in [-0.3, -0.25) is 4.79 Å². The molecule has 1 amide bonds. The maximum absolute atomic E-state index is 11.7. The summed E-state index contributed by atoms with van der Waals surface area (Å²) in [4.78, 5) is 11.7. The van der Waals surface area contributed by atoms with Gasteiger partial charge in [0.25, 0.3) is 0 Å². The normalized spacial score (nSPS) is 11.8. The third kappa shape index (κ3) is 5.51. The summed E-state index contributed by atoms with van der Waals surface area (Å²) in [6.07, 6.45) is 2.07. The summed E-state index contributed by atoms with van der Waals surface area (Å²) in [6.45, 7) is 4.39. The standard InChI is InChI=1S/C14H21BrN2O2/c1-4-5-10(2)17-14(18)9-16-11-6-7-12(15)13(8-11)19-3/h6-8,10,16H,4-5,9H2,1-3H3,(H,17,18). The van der Waals surface area contributed by atoms with Crippen LogP contribution in [0.2, 0.25) is 0 Å². The molecule has 0 radical (unpaired) electrons. The lowest BCUT2D eigenvalue weighted by Gasteiger charge is -2.14. The second-order valence-electron chi connectivity index (χ2n) is 4.46. The number of hydrogen-bond donors (Lipinski definition) is 2. The Balaban J connectivity index is 2.46. The van der Waals surface area contributed by atoms with Gasteiger partial charge < -0.3 is 15.4 Å². The Hall–Kier alpha value is -1.23. The van der Waals surface area contributed by atoms with Gasteiger partial charge >= 0.3 is 0 Å². The van der Waals surface area contributed by atoms with Crippen LogP contribution < -0.4 is 15.4 Å². The van der Waals surface area contributed by atoms with E-state index in [1.807, 2.05) is 25.1 Å². The number of carbonyl (C=O) groups is 1. The number of nitrogens with one attached hydrogen (secondary N) is 2. The summed E-state index contributed by atoms with van der Waals surface area (Å²) >= 11 is 3.39. The molecule has 5 heteroatoms. The highest BCUT2D eigenvalue weighted by atomic mass is 79.9. The minimum atomic E-state index is 0.00263. The fourth-order valence-corrected chi connectivity index (χ4v) is 2.19. The van der Waals surface area contributed by atoms with Gasteiger partial charge in [-0.05, 0) is 41.4 Å². The third-order valence-corrected chi connectivity index (χ3v) is 3.39. The number of ether oxygens (including phenoxy) is 1. The number of hydrogen-bond acceptors (Lipinski definition) is 3. The number of carbonyl (C=O) groups excluding carboxylic acids is 1. The molecule has 1 aromatic carbocycles. The fraction of sp³-hybridized carbons (Fsp3) is 0.500. The highest BCUT2D eigenvalue weighted by molar-refractivity contribution is 9.10. The maximum Gasteiger partial charge on any atom is 0.239 e. The summed E-state index contributed by atoms with van der Waals surface area (Å²) in [5.41, 5.74) is 0.860. The van der Waals surface area contributed by atoms with Crippen LogP contribution in [0.4, 0.5) is 5.69 Å². The zero-order valence-corrected chi connectivity index (χ0v) is 13.2. The zero-order chi connectivity index (χ0) is 14.3. The fourth-order valence-electron chi connectivity index (χ4n) is 1.78. The molecule has 4 nitrogen and oxygen atoms in total. The summed E-state index contributed by atoms with van der Waals surface area (Å²) < 4.78 is 6.09. The van der Waals surface area contributed by atoms with Crippen molar-refractivity contribution >= 4 is 27.5 Å². The van der Waals surface area contributed by atoms with Crippen LogP contribution in [0, 0.1) is 0 Å². The zero-order valence-electron chi connectivity index (χ0n) is 11.6. The second kappa shape index (κ2) is 8.04. The molecule has 1 unspecified atom stereocenters. The predicted molar refractivity (Wildman–Crippen MR) is 81.7 cm³/mol. The average molecular weight is 329 g/mol. The molecule has 0 fully saturated rings. The Bertz CT molecular complexity index is 424. The molecule has 1 rings (SSSR count). The van der Waals surface area contributed by atoms with Crippen LogP contribution >= 0.6 is 15.9 Å². The van der Waals surface area contributed by atoms with Gasteiger partial charge in [0, 0.05) is 17.8 Å². The van der Waals surface area contributed by atoms with Crippen LogP contribution in [0.5, 0.6) is 5.75 Å². The minimum absolute atomic E-state index is 0.00263. The Morgan fingerprint density at radius 1 is 1.47 bits per heavy atom. The summed E-state index contributed by atoms with van der Waals surface area (Å²) in [6, 6.07) is 5.86. The van der Waals surface area contributed by atoms with E-state index in [1.54, 1.807) is 7.11 Å². The first-order valence-corrected chi connectivity index (χ1v) is 7.22. The number of benzene rings is 1. The number of amides is 1. The number of anilines is 1. The Morgan fingerprint density at radius 3 is 2.84 bits per heavy atom. The number of halogens is 1. The lowest BCUT2D eigenvalue weighted by molar-refractivity contribution is -0.120. The topological polar surface area (TPSA) is 50.4 Å². The van der Waals surface area contributed by atoms with Gasteiger partial charge in [-0.15, -0.1) is 0 Å². The quantitative estimate of drug-likeness (QED) is 0.808. The lowest BCUT2D eigenvalue weighted by Crippen LogP contribution is -2.36. The van der Waals surface area contributed by atoms with Crippen LogP contribution in [-0.2, 0) is 4.79 Å². The molecule has 0 aliphatic rings. The molecule has 0 aromatic heterocycles. The summed E-state index contributed by atoms with van der Waals surface area (Å²) in [5.74, 6) is 0.743. The van der Waals surface area contributed by atoms with Crippen molar-refractivity contribution in [2.75, 3.05) is 19.0 Å². The first kappa shape index (κ1) is 15.8. The van der Waals surface area contributed by atoms with Crippen molar-refractivity contribution in [2.24, 2.45) is 0 Å². The number of rotatable bonds is 7. The van der Waals surface area contributed by atoms with E-state index in [1.165, 1.54) is 0 Å². The van der Waals surface area contributed by atoms with Crippen molar-refractivity contribution in [3.63, 3.8) is 0 Å². The predicted octanol–water partition coefficient (Wildman–Crippen LogP) is 3.17. The minimum Gasteiger partial charge on any atom is -0.495 e. The van der Waals surface area contributed by atoms with Gasteiger partial charge in [0.1, 0.15) is 5.75 Å². The van der Waals surface area contributed by atoms with Crippen LogP contribution in [0.3, 0.4) is 0 Å². The van der Waals surface area contributed by atoms with E-state index < -0.39 is 0 Å². The monoisotopic (exact) mass is 328 g/mol.